The minimum Gasteiger partial charge on any atom is -0.449 e. The first-order valence-electron chi connectivity index (χ1n) is 10.5. The SMILES string of the molecule is Cc1c(I)c(C)c(B(O)O)c(C)c1CNC(=O)OCC1c2ccccc2-c2ccccc21. The fourth-order valence-corrected chi connectivity index (χ4v) is 5.34. The van der Waals surface area contributed by atoms with Crippen molar-refractivity contribution in [2.75, 3.05) is 6.61 Å². The molecule has 0 radical (unpaired) electrons. The number of benzene rings is 3. The molecule has 3 aromatic carbocycles. The predicted molar refractivity (Wildman–Crippen MR) is 135 cm³/mol. The molecule has 1 amide bonds. The van der Waals surface area contributed by atoms with Gasteiger partial charge in [0.05, 0.1) is 0 Å². The fourth-order valence-electron chi connectivity index (χ4n) is 4.72. The van der Waals surface area contributed by atoms with E-state index in [2.05, 4.69) is 52.2 Å². The van der Waals surface area contributed by atoms with Gasteiger partial charge in [-0.3, -0.25) is 0 Å². The second kappa shape index (κ2) is 9.25. The Kier molecular flexibility index (Phi) is 6.60. The number of rotatable bonds is 5. The molecule has 1 aliphatic rings. The third kappa shape index (κ3) is 4.05. The molecule has 3 aromatic rings. The summed E-state index contributed by atoms with van der Waals surface area (Å²) < 4.78 is 6.58. The lowest BCUT2D eigenvalue weighted by Crippen LogP contribution is -2.37. The van der Waals surface area contributed by atoms with Gasteiger partial charge in [0.2, 0.25) is 0 Å². The molecule has 0 bridgehead atoms. The van der Waals surface area contributed by atoms with Gasteiger partial charge in [-0.2, -0.15) is 0 Å². The van der Waals surface area contributed by atoms with E-state index in [0.717, 1.165) is 25.8 Å². The van der Waals surface area contributed by atoms with Gasteiger partial charge in [-0.15, -0.1) is 0 Å². The van der Waals surface area contributed by atoms with Crippen molar-refractivity contribution >= 4 is 41.3 Å². The molecule has 164 valence electrons. The summed E-state index contributed by atoms with van der Waals surface area (Å²) in [6.45, 7) is 6.21. The van der Waals surface area contributed by atoms with E-state index in [0.29, 0.717) is 5.46 Å². The largest absolute Gasteiger partial charge is 0.489 e. The first-order chi connectivity index (χ1) is 15.3. The zero-order chi connectivity index (χ0) is 23.0. The highest BCUT2D eigenvalue weighted by Crippen LogP contribution is 2.44. The maximum atomic E-state index is 12.6. The fraction of sp³-hybridized carbons (Fsp3) is 0.240. The number of halogens is 1. The van der Waals surface area contributed by atoms with Gasteiger partial charge in [0, 0.05) is 16.0 Å². The number of amides is 1. The number of nitrogens with one attached hydrogen (secondary N) is 1. The summed E-state index contributed by atoms with van der Waals surface area (Å²) in [5.41, 5.74) is 8.71. The normalized spacial score (nSPS) is 12.3. The maximum Gasteiger partial charge on any atom is 0.489 e. The molecule has 0 spiro atoms. The first-order valence-corrected chi connectivity index (χ1v) is 11.6. The third-order valence-corrected chi connectivity index (χ3v) is 8.00. The second-order valence-electron chi connectivity index (χ2n) is 8.13. The Morgan fingerprint density at radius 1 is 0.969 bits per heavy atom. The maximum absolute atomic E-state index is 12.6. The average Bonchev–Trinajstić information content (AvgIpc) is 3.10. The number of hydrogen-bond donors (Lipinski definition) is 3. The average molecular weight is 541 g/mol. The van der Waals surface area contributed by atoms with Crippen molar-refractivity contribution in [3.63, 3.8) is 0 Å². The summed E-state index contributed by atoms with van der Waals surface area (Å²) in [6, 6.07) is 16.4. The van der Waals surface area contributed by atoms with Crippen molar-refractivity contribution in [2.45, 2.75) is 33.2 Å². The van der Waals surface area contributed by atoms with Gasteiger partial charge < -0.3 is 20.1 Å². The molecule has 5 nitrogen and oxygen atoms in total. The number of fused-ring (bicyclic) bond motifs is 3. The van der Waals surface area contributed by atoms with Crippen LogP contribution in [-0.2, 0) is 11.3 Å². The summed E-state index contributed by atoms with van der Waals surface area (Å²) in [7, 11) is -1.56. The molecule has 0 unspecified atom stereocenters. The summed E-state index contributed by atoms with van der Waals surface area (Å²) >= 11 is 2.20. The third-order valence-electron chi connectivity index (χ3n) is 6.38. The smallest absolute Gasteiger partial charge is 0.449 e. The number of alkyl carbamates (subject to hydrolysis) is 1. The molecule has 0 saturated carbocycles. The molecule has 7 heteroatoms. The standard InChI is InChI=1S/C25H25BINO4/c1-14-21(15(2)24(27)16(3)23(14)26(30)31)12-28-25(29)32-13-22-19-10-6-4-8-17(19)18-9-5-7-11-20(18)22/h4-11,22,30-31H,12-13H2,1-3H3,(H,28,29). The van der Waals surface area contributed by atoms with Crippen LogP contribution < -0.4 is 10.8 Å². The van der Waals surface area contributed by atoms with Gasteiger partial charge in [-0.05, 0) is 93.3 Å². The van der Waals surface area contributed by atoms with Crippen molar-refractivity contribution in [3.8, 4) is 11.1 Å². The van der Waals surface area contributed by atoms with Crippen LogP contribution in [0.4, 0.5) is 4.79 Å². The minimum atomic E-state index is -1.56. The quantitative estimate of drug-likeness (QED) is 0.338. The lowest BCUT2D eigenvalue weighted by molar-refractivity contribution is 0.142. The van der Waals surface area contributed by atoms with Crippen LogP contribution in [0.25, 0.3) is 11.1 Å². The zero-order valence-electron chi connectivity index (χ0n) is 18.3. The van der Waals surface area contributed by atoms with E-state index < -0.39 is 13.2 Å². The molecule has 0 atom stereocenters. The Hall–Kier alpha value is -2.36. The number of ether oxygens (including phenoxy) is 1. The molecule has 0 aromatic heterocycles. The summed E-state index contributed by atoms with van der Waals surface area (Å²) in [5.74, 6) is 0.00749. The lowest BCUT2D eigenvalue weighted by Gasteiger charge is -2.20. The van der Waals surface area contributed by atoms with Crippen LogP contribution in [0, 0.1) is 24.3 Å². The minimum absolute atomic E-state index is 0.00749. The molecular weight excluding hydrogens is 516 g/mol. The highest BCUT2D eigenvalue weighted by atomic mass is 127. The number of hydrogen-bond acceptors (Lipinski definition) is 4. The van der Waals surface area contributed by atoms with Crippen molar-refractivity contribution in [3.05, 3.63) is 85.5 Å². The Labute approximate surface area is 202 Å². The van der Waals surface area contributed by atoms with Crippen molar-refractivity contribution in [1.29, 1.82) is 0 Å². The zero-order valence-corrected chi connectivity index (χ0v) is 20.4. The van der Waals surface area contributed by atoms with Crippen molar-refractivity contribution in [2.24, 2.45) is 0 Å². The molecule has 0 heterocycles. The van der Waals surface area contributed by atoms with Gasteiger partial charge in [0.25, 0.3) is 0 Å². The second-order valence-corrected chi connectivity index (χ2v) is 9.21. The lowest BCUT2D eigenvalue weighted by atomic mass is 9.72. The Balaban J connectivity index is 1.48. The molecule has 1 aliphatic carbocycles. The predicted octanol–water partition coefficient (Wildman–Crippen LogP) is 3.93. The van der Waals surface area contributed by atoms with Crippen molar-refractivity contribution < 1.29 is 19.6 Å². The Morgan fingerprint density at radius 2 is 1.53 bits per heavy atom. The molecule has 0 fully saturated rings. The first kappa shape index (κ1) is 22.8. The van der Waals surface area contributed by atoms with Crippen LogP contribution in [0.2, 0.25) is 0 Å². The van der Waals surface area contributed by atoms with Crippen LogP contribution in [0.3, 0.4) is 0 Å². The summed E-state index contributed by atoms with van der Waals surface area (Å²) in [4.78, 5) is 12.6. The Bertz CT molecular complexity index is 1150. The molecule has 0 aliphatic heterocycles. The van der Waals surface area contributed by atoms with Gasteiger partial charge >= 0.3 is 13.2 Å². The Morgan fingerprint density at radius 3 is 2.09 bits per heavy atom. The van der Waals surface area contributed by atoms with Gasteiger partial charge in [-0.25, -0.2) is 4.79 Å². The highest BCUT2D eigenvalue weighted by Gasteiger charge is 2.29. The molecular formula is C25H25BINO4. The molecule has 32 heavy (non-hydrogen) atoms. The molecule has 4 rings (SSSR count). The van der Waals surface area contributed by atoms with E-state index in [9.17, 15) is 14.8 Å². The van der Waals surface area contributed by atoms with E-state index in [1.807, 2.05) is 45.0 Å². The summed E-state index contributed by atoms with van der Waals surface area (Å²) in [5, 5.41) is 22.5. The van der Waals surface area contributed by atoms with Crippen LogP contribution >= 0.6 is 22.6 Å². The van der Waals surface area contributed by atoms with Gasteiger partial charge in [0.15, 0.2) is 0 Å². The van der Waals surface area contributed by atoms with E-state index in [1.165, 1.54) is 22.3 Å². The van der Waals surface area contributed by atoms with Crippen LogP contribution in [-0.4, -0.2) is 29.9 Å². The number of carbonyl (C=O) groups excluding carboxylic acids is 1. The summed E-state index contributed by atoms with van der Waals surface area (Å²) in [6.07, 6.45) is -0.493. The van der Waals surface area contributed by atoms with Crippen LogP contribution in [0.1, 0.15) is 39.3 Å². The topological polar surface area (TPSA) is 78.8 Å². The van der Waals surface area contributed by atoms with E-state index in [-0.39, 0.29) is 19.1 Å². The highest BCUT2D eigenvalue weighted by molar-refractivity contribution is 14.1. The van der Waals surface area contributed by atoms with Crippen LogP contribution in [0.15, 0.2) is 48.5 Å². The van der Waals surface area contributed by atoms with Gasteiger partial charge in [-0.1, -0.05) is 48.5 Å². The monoisotopic (exact) mass is 541 g/mol. The molecule has 0 saturated heterocycles. The van der Waals surface area contributed by atoms with Crippen molar-refractivity contribution in [1.82, 2.24) is 5.32 Å². The van der Waals surface area contributed by atoms with E-state index in [1.54, 1.807) is 0 Å². The van der Waals surface area contributed by atoms with E-state index in [4.69, 9.17) is 4.74 Å². The number of carbonyl (C=O) groups is 1. The molecule has 3 N–H and O–H groups in total. The van der Waals surface area contributed by atoms with Crippen LogP contribution in [0.5, 0.6) is 0 Å². The van der Waals surface area contributed by atoms with E-state index >= 15 is 0 Å². The van der Waals surface area contributed by atoms with Gasteiger partial charge in [0.1, 0.15) is 6.61 Å².